The van der Waals surface area contributed by atoms with Gasteiger partial charge in [-0.2, -0.15) is 11.8 Å². The molecular formula is C38H50N8O12S. The van der Waals surface area contributed by atoms with Crippen molar-refractivity contribution in [2.24, 2.45) is 5.73 Å². The lowest BCUT2D eigenvalue weighted by Gasteiger charge is -2.34. The van der Waals surface area contributed by atoms with Gasteiger partial charge in [-0.05, 0) is 67.2 Å². The lowest BCUT2D eigenvalue weighted by molar-refractivity contribution is -0.139. The number of imide groups is 1. The molecule has 320 valence electrons. The maximum absolute atomic E-state index is 13.9. The fourth-order valence-electron chi connectivity index (χ4n) is 6.37. The number of hydrogen-bond donors (Lipinski definition) is 10. The van der Waals surface area contributed by atoms with Crippen molar-refractivity contribution in [2.75, 3.05) is 25.6 Å². The topological polar surface area (TPSA) is 302 Å². The van der Waals surface area contributed by atoms with Crippen LogP contribution in [-0.2, 0) is 41.6 Å². The maximum Gasteiger partial charge on any atom is 0.327 e. The van der Waals surface area contributed by atoms with Crippen LogP contribution >= 0.6 is 11.8 Å². The van der Waals surface area contributed by atoms with Crippen molar-refractivity contribution < 1.29 is 58.7 Å². The molecule has 2 heterocycles. The van der Waals surface area contributed by atoms with Crippen LogP contribution in [0.4, 0.5) is 9.59 Å². The number of thioether (sulfide) groups is 1. The van der Waals surface area contributed by atoms with E-state index in [1.807, 2.05) is 0 Å². The Labute approximate surface area is 343 Å². The first-order chi connectivity index (χ1) is 28.0. The fraction of sp³-hybridized carbons (Fsp3) is 0.447. The second kappa shape index (κ2) is 21.1. The molecular weight excluding hydrogens is 793 g/mol. The molecule has 8 amide bonds. The van der Waals surface area contributed by atoms with E-state index >= 15 is 0 Å². The van der Waals surface area contributed by atoms with Crippen LogP contribution in [0.3, 0.4) is 0 Å². The van der Waals surface area contributed by atoms with E-state index in [0.29, 0.717) is 16.9 Å². The number of rotatable bonds is 18. The number of carbonyl (C=O) groups excluding carboxylic acids is 6. The summed E-state index contributed by atoms with van der Waals surface area (Å²) in [6, 6.07) is 3.80. The average Bonchev–Trinajstić information content (AvgIpc) is 3.55. The van der Waals surface area contributed by atoms with E-state index in [0.717, 1.165) is 11.1 Å². The molecule has 21 heteroatoms. The third-order valence-electron chi connectivity index (χ3n) is 9.67. The smallest absolute Gasteiger partial charge is 0.327 e. The molecule has 11 N–H and O–H groups in total. The predicted octanol–water partition coefficient (Wildman–Crippen LogP) is -0.577. The number of aliphatic carboxylic acids is 1. The van der Waals surface area contributed by atoms with Crippen molar-refractivity contribution in [3.8, 4) is 11.5 Å². The normalized spacial score (nSPS) is 19.6. The van der Waals surface area contributed by atoms with Crippen LogP contribution in [0.2, 0.25) is 0 Å². The fourth-order valence-corrected chi connectivity index (χ4v) is 6.84. The first-order valence-corrected chi connectivity index (χ1v) is 20.0. The summed E-state index contributed by atoms with van der Waals surface area (Å²) in [7, 11) is 1.38. The Balaban J connectivity index is 1.53. The van der Waals surface area contributed by atoms with Crippen molar-refractivity contribution in [3.05, 3.63) is 71.6 Å². The van der Waals surface area contributed by atoms with Crippen LogP contribution in [0, 0.1) is 0 Å². The minimum atomic E-state index is -1.51. The summed E-state index contributed by atoms with van der Waals surface area (Å²) in [6.07, 6.45) is 0.281. The number of nitrogens with two attached hydrogens (primary N) is 1. The van der Waals surface area contributed by atoms with E-state index in [4.69, 9.17) is 10.5 Å². The molecule has 20 nitrogen and oxygen atoms in total. The van der Waals surface area contributed by atoms with E-state index in [9.17, 15) is 54.0 Å². The Kier molecular flexibility index (Phi) is 16.3. The van der Waals surface area contributed by atoms with Crippen LogP contribution in [-0.4, -0.2) is 140 Å². The number of nitrogens with zero attached hydrogens (tertiary/aromatic N) is 2. The van der Waals surface area contributed by atoms with E-state index in [1.54, 1.807) is 24.5 Å². The lowest BCUT2D eigenvalue weighted by Crippen LogP contribution is -2.62. The number of urea groups is 2. The highest BCUT2D eigenvalue weighted by Gasteiger charge is 2.41. The number of hydrogen-bond acceptors (Lipinski definition) is 13. The summed E-state index contributed by atoms with van der Waals surface area (Å²) < 4.78 is 5.74. The number of aliphatic hydroxyl groups excluding tert-OH is 1. The number of benzene rings is 2. The van der Waals surface area contributed by atoms with Gasteiger partial charge in [0.05, 0.1) is 12.1 Å². The summed E-state index contributed by atoms with van der Waals surface area (Å²) in [5.41, 5.74) is 7.26. The number of carboxylic acid groups (broad SMARTS) is 1. The summed E-state index contributed by atoms with van der Waals surface area (Å²) in [4.78, 5) is 93.0. The van der Waals surface area contributed by atoms with Gasteiger partial charge in [0.1, 0.15) is 41.5 Å². The van der Waals surface area contributed by atoms with E-state index in [2.05, 4.69) is 26.6 Å². The van der Waals surface area contributed by atoms with Gasteiger partial charge in [-0.3, -0.25) is 29.4 Å². The first-order valence-electron chi connectivity index (χ1n) is 18.6. The Morgan fingerprint density at radius 3 is 2.22 bits per heavy atom. The molecule has 0 aliphatic carbocycles. The second-order valence-corrected chi connectivity index (χ2v) is 15.1. The lowest BCUT2D eigenvalue weighted by atomic mass is 10.0. The Bertz CT molecular complexity index is 1920. The van der Waals surface area contributed by atoms with Crippen molar-refractivity contribution >= 4 is 53.4 Å². The van der Waals surface area contributed by atoms with E-state index in [1.165, 1.54) is 61.0 Å². The van der Waals surface area contributed by atoms with Crippen LogP contribution < -0.4 is 32.3 Å². The van der Waals surface area contributed by atoms with Crippen molar-refractivity contribution in [1.29, 1.82) is 0 Å². The molecule has 0 saturated carbocycles. The van der Waals surface area contributed by atoms with Gasteiger partial charge in [0, 0.05) is 39.1 Å². The number of carbonyl (C=O) groups is 7. The Morgan fingerprint density at radius 2 is 1.63 bits per heavy atom. The Hall–Kier alpha value is -6.06. The summed E-state index contributed by atoms with van der Waals surface area (Å²) in [5.74, 6) is -3.87. The number of aromatic hydroxyl groups is 2. The molecule has 4 rings (SSSR count). The minimum absolute atomic E-state index is 0.00917. The minimum Gasteiger partial charge on any atom is -0.508 e. The molecule has 2 fully saturated rings. The number of carboxylic acids is 1. The number of likely N-dealkylation sites (N-methyl/N-ethyl adjacent to an activating group) is 1. The molecule has 2 aromatic carbocycles. The number of phenols is 2. The standard InChI is InChI=1S/C38H50N8O12S/c1-20(45(2)34(53)26(39)16-21-6-4-8-23(47)14-21)31(33(52)40-19-25-18-29(49)35(58-25)46-12-10-30(50)43-38(46)57)44-32(51)27(11-13-59-3)41-37(56)42-28(36(54)55)17-22-7-5-9-24(48)15-22/h4-9,14-15,19-20,26-29,31,35,47-49H,10-13,16-18,39H2,1-3H3,(H,40,52)(H,44,51)(H,54,55)(H2,41,42,56)(H,43,50,57)/b25-19+/t20?,26-,27-,28?,29?,31+,35?/m0/s1. The van der Waals surface area contributed by atoms with Crippen LogP contribution in [0.5, 0.6) is 11.5 Å². The molecule has 0 aromatic heterocycles. The zero-order chi connectivity index (χ0) is 43.4. The van der Waals surface area contributed by atoms with Gasteiger partial charge >= 0.3 is 18.0 Å². The third-order valence-corrected chi connectivity index (χ3v) is 10.3. The van der Waals surface area contributed by atoms with Gasteiger partial charge in [0.2, 0.25) is 29.9 Å². The maximum atomic E-state index is 13.9. The third kappa shape index (κ3) is 13.0. The van der Waals surface area contributed by atoms with Gasteiger partial charge < -0.3 is 57.1 Å². The number of phenolic OH excluding ortho intramolecular Hbond substituents is 2. The van der Waals surface area contributed by atoms with Gasteiger partial charge in [0.15, 0.2) is 0 Å². The summed E-state index contributed by atoms with van der Waals surface area (Å²) in [6.45, 7) is 1.47. The number of ether oxygens (including phenoxy) is 1. The first kappa shape index (κ1) is 45.6. The van der Waals surface area contributed by atoms with E-state index in [-0.39, 0.29) is 55.9 Å². The molecule has 0 spiro atoms. The van der Waals surface area contributed by atoms with E-state index < -0.39 is 84.2 Å². The molecule has 59 heavy (non-hydrogen) atoms. The number of nitrogens with one attached hydrogen (secondary N) is 5. The molecule has 0 bridgehead atoms. The zero-order valence-electron chi connectivity index (χ0n) is 32.6. The predicted molar refractivity (Wildman–Crippen MR) is 212 cm³/mol. The molecule has 2 saturated heterocycles. The van der Waals surface area contributed by atoms with Gasteiger partial charge in [-0.15, -0.1) is 0 Å². The van der Waals surface area contributed by atoms with Crippen molar-refractivity contribution in [3.63, 3.8) is 0 Å². The highest BCUT2D eigenvalue weighted by molar-refractivity contribution is 7.98. The van der Waals surface area contributed by atoms with Crippen molar-refractivity contribution in [1.82, 2.24) is 36.4 Å². The number of aliphatic hydroxyl groups is 1. The molecule has 0 radical (unpaired) electrons. The summed E-state index contributed by atoms with van der Waals surface area (Å²) >= 11 is 1.36. The van der Waals surface area contributed by atoms with Crippen molar-refractivity contribution in [2.45, 2.75) is 81.6 Å². The molecule has 2 aliphatic rings. The number of amides is 8. The monoisotopic (exact) mass is 842 g/mol. The summed E-state index contributed by atoms with van der Waals surface area (Å²) in [5, 5.41) is 52.2. The van der Waals surface area contributed by atoms with Gasteiger partial charge in [-0.25, -0.2) is 14.4 Å². The van der Waals surface area contributed by atoms with Crippen LogP contribution in [0.15, 0.2) is 60.5 Å². The van der Waals surface area contributed by atoms with Crippen LogP contribution in [0.25, 0.3) is 0 Å². The highest BCUT2D eigenvalue weighted by atomic mass is 32.2. The highest BCUT2D eigenvalue weighted by Crippen LogP contribution is 2.27. The quantitative estimate of drug-likeness (QED) is 0.0899. The average molecular weight is 843 g/mol. The Morgan fingerprint density at radius 1 is 1.00 bits per heavy atom. The second-order valence-electron chi connectivity index (χ2n) is 14.1. The van der Waals surface area contributed by atoms with Gasteiger partial charge in [0.25, 0.3) is 0 Å². The molecule has 7 atom stereocenters. The SMILES string of the molecule is CSCC[C@H](NC(=O)NC(Cc1cccc(O)c1)C(=O)O)C(=O)N[C@@H](C(=O)N/C=C1\CC(O)C(N2CCC(=O)NC2=O)O1)C(C)N(C)C(=O)[C@@H](N)Cc1cccc(O)c1. The molecule has 2 aliphatic heterocycles. The largest absolute Gasteiger partial charge is 0.508 e. The zero-order valence-corrected chi connectivity index (χ0v) is 33.4. The van der Waals surface area contributed by atoms with Gasteiger partial charge in [-0.1, -0.05) is 24.3 Å². The molecule has 2 aromatic rings. The molecule has 4 unspecified atom stereocenters. The van der Waals surface area contributed by atoms with Crippen LogP contribution in [0.1, 0.15) is 37.3 Å².